The van der Waals surface area contributed by atoms with Gasteiger partial charge in [-0.2, -0.15) is 67.5 Å². The second-order valence-corrected chi connectivity index (χ2v) is 19.3. The Balaban J connectivity index is 0.00000346. The Bertz CT molecular complexity index is 2540. The van der Waals surface area contributed by atoms with Gasteiger partial charge in [-0.15, -0.1) is 0 Å². The molecule has 392 valence electrons. The molecule has 5 atom stereocenters. The summed E-state index contributed by atoms with van der Waals surface area (Å²) in [6, 6.07) is 16.9. The summed E-state index contributed by atoms with van der Waals surface area (Å²) >= 11 is 0. The Morgan fingerprint density at radius 1 is 0.986 bits per heavy atom. The van der Waals surface area contributed by atoms with Crippen LogP contribution >= 0.6 is 67.5 Å². The highest BCUT2D eigenvalue weighted by molar-refractivity contribution is 7.60. The first-order chi connectivity index (χ1) is 31.4. The molecule has 3 N–H and O–H groups in total. The van der Waals surface area contributed by atoms with Crippen LogP contribution in [0.4, 0.5) is 0 Å². The monoisotopic (exact) mass is 1070 g/mol. The molecule has 6 bridgehead atoms. The van der Waals surface area contributed by atoms with Gasteiger partial charge in [0.2, 0.25) is 17.7 Å². The van der Waals surface area contributed by atoms with E-state index in [0.717, 1.165) is 44.4 Å². The molecule has 7 rings (SSSR count). The number of esters is 1. The predicted molar refractivity (Wildman–Crippen MR) is 306 cm³/mol. The van der Waals surface area contributed by atoms with Crippen LogP contribution < -0.4 is 10.7 Å². The lowest BCUT2D eigenvalue weighted by molar-refractivity contribution is -0.155. The van der Waals surface area contributed by atoms with E-state index in [1.807, 2.05) is 45.0 Å². The molecule has 3 aromatic carbocycles. The van der Waals surface area contributed by atoms with E-state index in [0.29, 0.717) is 44.3 Å². The van der Waals surface area contributed by atoms with Crippen LogP contribution in [0.3, 0.4) is 0 Å². The SMILES string of the molecule is C=CC(=O)N1CC[C@H](C(=O)N(C)[C@H](C(=O)N[C@H]2Cc3cc(O)cc(c3)-c3ccc4c(c3)c(c(-c3ccccc3[C@@H](C)OC)n4CC)CC(C)(C)COC(=O)[C@@H]3CCCN(N3)C2=O)C(C)C)C1.S.S.S.S.S. The van der Waals surface area contributed by atoms with Crippen molar-refractivity contribution in [2.75, 3.05) is 40.4 Å². The van der Waals surface area contributed by atoms with E-state index in [2.05, 4.69) is 66.9 Å². The second kappa shape index (κ2) is 26.6. The van der Waals surface area contributed by atoms with Crippen molar-refractivity contribution >= 4 is 108 Å². The molecule has 0 radical (unpaired) electrons. The lowest BCUT2D eigenvalue weighted by atomic mass is 9.83. The van der Waals surface area contributed by atoms with Crippen LogP contribution in [0.5, 0.6) is 5.75 Å². The molecule has 2 fully saturated rings. The van der Waals surface area contributed by atoms with Gasteiger partial charge in [0.15, 0.2) is 0 Å². The van der Waals surface area contributed by atoms with Crippen molar-refractivity contribution in [2.45, 2.75) is 104 Å². The van der Waals surface area contributed by atoms with E-state index >= 15 is 0 Å². The first-order valence-corrected chi connectivity index (χ1v) is 23.3. The van der Waals surface area contributed by atoms with E-state index in [-0.39, 0.29) is 123 Å². The van der Waals surface area contributed by atoms with Crippen LogP contribution in [-0.4, -0.2) is 113 Å². The molecule has 4 aromatic rings. The summed E-state index contributed by atoms with van der Waals surface area (Å²) in [6.07, 6.45) is 3.04. The number of phenols is 1. The van der Waals surface area contributed by atoms with Gasteiger partial charge < -0.3 is 34.3 Å². The lowest BCUT2D eigenvalue weighted by Crippen LogP contribution is -2.62. The third-order valence-corrected chi connectivity index (χ3v) is 13.5. The molecule has 0 spiro atoms. The van der Waals surface area contributed by atoms with Crippen molar-refractivity contribution in [3.8, 4) is 28.1 Å². The number of methoxy groups -OCH3 is 1. The molecule has 2 saturated heterocycles. The Morgan fingerprint density at radius 3 is 2.35 bits per heavy atom. The number of hydrazine groups is 1. The molecule has 0 aliphatic carbocycles. The van der Waals surface area contributed by atoms with Crippen molar-refractivity contribution in [1.29, 1.82) is 0 Å². The standard InChI is InChI=1S/C52H66N6O8.5H2S/c1-10-45(60)56-22-20-35(29-56)49(62)55(8)46(31(3)4)48(61)53-43-25-33-23-36(26-37(59)24-33)34-18-19-44-40(27-34)41(47(57(44)11-2)39-16-13-12-15-38(39)32(5)65-9)28-52(6,7)30-66-51(64)42-17-14-21-58(54-42)50(43)63;;;;;/h10,12-13,15-16,18-19,23-24,26-27,31-32,35,42-43,46,54,59H,1,11,14,17,20-22,25,28-30H2,2-9H3,(H,53,61);5*1H2/t32-,35+,42+,43+,46+;;;;;/m1...../s1. The van der Waals surface area contributed by atoms with Gasteiger partial charge in [0.1, 0.15) is 23.9 Å². The Hall–Kier alpha value is -4.24. The van der Waals surface area contributed by atoms with Gasteiger partial charge in [-0.1, -0.05) is 70.7 Å². The minimum atomic E-state index is -1.16. The average molecular weight is 1070 g/mol. The number of nitrogens with one attached hydrogen (secondary N) is 2. The highest BCUT2D eigenvalue weighted by atomic mass is 32.1. The molecule has 4 amide bonds. The normalized spacial score (nSPS) is 19.5. The second-order valence-electron chi connectivity index (χ2n) is 19.3. The largest absolute Gasteiger partial charge is 0.508 e. The lowest BCUT2D eigenvalue weighted by Gasteiger charge is -2.37. The van der Waals surface area contributed by atoms with Crippen LogP contribution in [0, 0.1) is 17.3 Å². The summed E-state index contributed by atoms with van der Waals surface area (Å²) in [5.41, 5.74) is 10.1. The fraction of sp³-hybridized carbons (Fsp3) is 0.481. The van der Waals surface area contributed by atoms with Gasteiger partial charge in [0, 0.05) is 68.6 Å². The number of benzene rings is 3. The smallest absolute Gasteiger partial charge is 0.324 e. The summed E-state index contributed by atoms with van der Waals surface area (Å²) in [5.74, 6) is -2.83. The first kappa shape index (κ1) is 62.9. The number of likely N-dealkylation sites (tertiary alicyclic amines) is 1. The van der Waals surface area contributed by atoms with Gasteiger partial charge in [0.25, 0.3) is 5.91 Å². The van der Waals surface area contributed by atoms with Gasteiger partial charge in [-0.05, 0) is 104 Å². The van der Waals surface area contributed by atoms with E-state index in [1.54, 1.807) is 31.2 Å². The van der Waals surface area contributed by atoms with Crippen molar-refractivity contribution in [1.82, 2.24) is 30.1 Å². The summed E-state index contributed by atoms with van der Waals surface area (Å²) < 4.78 is 14.3. The zero-order chi connectivity index (χ0) is 47.6. The van der Waals surface area contributed by atoms with Crippen LogP contribution in [0.25, 0.3) is 33.3 Å². The van der Waals surface area contributed by atoms with Crippen LogP contribution in [0.15, 0.2) is 73.3 Å². The maximum Gasteiger partial charge on any atom is 0.324 e. The van der Waals surface area contributed by atoms with Crippen molar-refractivity contribution < 1.29 is 38.6 Å². The number of rotatable bonds is 10. The number of ether oxygens (including phenoxy) is 2. The maximum absolute atomic E-state index is 14.7. The number of aromatic hydroxyl groups is 1. The van der Waals surface area contributed by atoms with Crippen molar-refractivity contribution in [3.63, 3.8) is 0 Å². The number of likely N-dealkylation sites (N-methyl/N-ethyl adjacent to an activating group) is 1. The number of hydrogen-bond donors (Lipinski definition) is 3. The number of fused-ring (bicyclic) bond motifs is 6. The van der Waals surface area contributed by atoms with E-state index in [4.69, 9.17) is 9.47 Å². The number of amides is 4. The molecule has 0 saturated carbocycles. The van der Waals surface area contributed by atoms with Gasteiger partial charge in [0.05, 0.1) is 24.3 Å². The Kier molecular flexibility index (Phi) is 23.6. The van der Waals surface area contributed by atoms with Crippen LogP contribution in [0.2, 0.25) is 0 Å². The zero-order valence-electron chi connectivity index (χ0n) is 42.2. The molecule has 1 aromatic heterocycles. The molecule has 0 unspecified atom stereocenters. The number of nitrogens with zero attached hydrogens (tertiary/aromatic N) is 4. The molecule has 3 aliphatic rings. The molecule has 4 heterocycles. The number of cyclic esters (lactones) is 1. The van der Waals surface area contributed by atoms with Crippen LogP contribution in [-0.2, 0) is 52.8 Å². The molecule has 14 nitrogen and oxygen atoms in total. The van der Waals surface area contributed by atoms with E-state index in [9.17, 15) is 29.1 Å². The van der Waals surface area contributed by atoms with Crippen molar-refractivity contribution in [2.24, 2.45) is 17.3 Å². The summed E-state index contributed by atoms with van der Waals surface area (Å²) in [6.45, 7) is 17.3. The summed E-state index contributed by atoms with van der Waals surface area (Å²) in [4.78, 5) is 72.4. The number of carbonyl (C=O) groups is 5. The molecule has 19 heteroatoms. The third kappa shape index (κ3) is 13.7. The van der Waals surface area contributed by atoms with Gasteiger partial charge in [-0.25, -0.2) is 5.43 Å². The quantitative estimate of drug-likeness (QED) is 0.111. The number of carbonyl (C=O) groups excluding carboxylic acids is 5. The van der Waals surface area contributed by atoms with E-state index < -0.39 is 47.2 Å². The van der Waals surface area contributed by atoms with Crippen molar-refractivity contribution in [3.05, 3.63) is 90.0 Å². The number of hydrogen-bond acceptors (Lipinski definition) is 9. The van der Waals surface area contributed by atoms with E-state index in [1.165, 1.54) is 16.0 Å². The summed E-state index contributed by atoms with van der Waals surface area (Å²) in [5, 5.41) is 16.7. The number of phenolic OH excluding ortho intramolecular Hbond substituents is 1. The highest BCUT2D eigenvalue weighted by Gasteiger charge is 2.40. The zero-order valence-corrected chi connectivity index (χ0v) is 47.2. The fourth-order valence-corrected chi connectivity index (χ4v) is 10.1. The molecule has 71 heavy (non-hydrogen) atoms. The predicted octanol–water partition coefficient (Wildman–Crippen LogP) is 7.14. The number of aromatic nitrogens is 1. The topological polar surface area (TPSA) is 163 Å². The average Bonchev–Trinajstić information content (AvgIpc) is 3.92. The minimum absolute atomic E-state index is 0. The Labute approximate surface area is 454 Å². The molecular weight excluding hydrogens is 997 g/mol. The third-order valence-electron chi connectivity index (χ3n) is 13.5. The maximum atomic E-state index is 14.7. The minimum Gasteiger partial charge on any atom is -0.508 e. The Morgan fingerprint density at radius 2 is 1.69 bits per heavy atom. The fourth-order valence-electron chi connectivity index (χ4n) is 10.1. The first-order valence-electron chi connectivity index (χ1n) is 23.3. The van der Waals surface area contributed by atoms with Gasteiger partial charge in [-0.3, -0.25) is 29.0 Å². The highest BCUT2D eigenvalue weighted by Crippen LogP contribution is 2.42. The van der Waals surface area contributed by atoms with Gasteiger partial charge >= 0.3 is 5.97 Å². The molecule has 3 aliphatic heterocycles. The van der Waals surface area contributed by atoms with Crippen LogP contribution in [0.1, 0.15) is 83.6 Å². The number of aryl methyl sites for hydroxylation is 1. The summed E-state index contributed by atoms with van der Waals surface area (Å²) in [7, 11) is 3.29. The molecular formula is C52H76N6O8S5.